The fourth-order valence-electron chi connectivity index (χ4n) is 2.66. The SMILES string of the molecule is CC1CN(C(=O)c2cnn(-c3ccccc3F)c2)CCC1(F)F. The topological polar surface area (TPSA) is 38.1 Å². The van der Waals surface area contributed by atoms with E-state index in [9.17, 15) is 18.0 Å². The number of carbonyl (C=O) groups is 1. The molecule has 4 nitrogen and oxygen atoms in total. The third-order valence-electron chi connectivity index (χ3n) is 4.15. The number of benzene rings is 1. The van der Waals surface area contributed by atoms with E-state index in [1.54, 1.807) is 18.2 Å². The molecule has 1 saturated heterocycles. The quantitative estimate of drug-likeness (QED) is 0.851. The summed E-state index contributed by atoms with van der Waals surface area (Å²) in [5.74, 6) is -4.45. The summed E-state index contributed by atoms with van der Waals surface area (Å²) in [6.45, 7) is 1.43. The maximum absolute atomic E-state index is 13.7. The average Bonchev–Trinajstić information content (AvgIpc) is 2.99. The summed E-state index contributed by atoms with van der Waals surface area (Å²) in [6, 6.07) is 6.06. The van der Waals surface area contributed by atoms with E-state index in [2.05, 4.69) is 5.10 Å². The van der Waals surface area contributed by atoms with Gasteiger partial charge in [0.25, 0.3) is 11.8 Å². The number of rotatable bonds is 2. The van der Waals surface area contributed by atoms with Gasteiger partial charge in [-0.2, -0.15) is 5.10 Å². The van der Waals surface area contributed by atoms with E-state index in [1.807, 2.05) is 0 Å². The van der Waals surface area contributed by atoms with Crippen LogP contribution in [0.3, 0.4) is 0 Å². The molecule has 1 amide bonds. The molecule has 1 aromatic carbocycles. The molecule has 0 saturated carbocycles. The molecule has 1 fully saturated rings. The smallest absolute Gasteiger partial charge is 0.257 e. The first-order valence-electron chi connectivity index (χ1n) is 7.35. The molecule has 0 radical (unpaired) electrons. The Morgan fingerprint density at radius 1 is 1.35 bits per heavy atom. The molecule has 7 heteroatoms. The lowest BCUT2D eigenvalue weighted by Gasteiger charge is -2.36. The number of halogens is 3. The third-order valence-corrected chi connectivity index (χ3v) is 4.15. The maximum atomic E-state index is 13.7. The van der Waals surface area contributed by atoms with Gasteiger partial charge in [0, 0.05) is 31.6 Å². The summed E-state index contributed by atoms with van der Waals surface area (Å²) in [4.78, 5) is 13.8. The van der Waals surface area contributed by atoms with Crippen molar-refractivity contribution in [3.05, 3.63) is 48.0 Å². The maximum Gasteiger partial charge on any atom is 0.257 e. The zero-order valence-corrected chi connectivity index (χ0v) is 12.5. The Balaban J connectivity index is 1.79. The van der Waals surface area contributed by atoms with Crippen LogP contribution in [-0.2, 0) is 0 Å². The molecule has 0 spiro atoms. The van der Waals surface area contributed by atoms with Gasteiger partial charge in [0.1, 0.15) is 11.5 Å². The molecule has 1 aliphatic heterocycles. The van der Waals surface area contributed by atoms with Gasteiger partial charge in [0.05, 0.1) is 11.8 Å². The van der Waals surface area contributed by atoms with Crippen LogP contribution in [0.4, 0.5) is 13.2 Å². The zero-order valence-electron chi connectivity index (χ0n) is 12.5. The summed E-state index contributed by atoms with van der Waals surface area (Å²) in [6.07, 6.45) is 2.39. The number of para-hydroxylation sites is 1. The van der Waals surface area contributed by atoms with Crippen LogP contribution in [0, 0.1) is 11.7 Å². The van der Waals surface area contributed by atoms with Crippen molar-refractivity contribution in [1.82, 2.24) is 14.7 Å². The minimum Gasteiger partial charge on any atom is -0.338 e. The van der Waals surface area contributed by atoms with E-state index in [0.717, 1.165) is 0 Å². The fourth-order valence-corrected chi connectivity index (χ4v) is 2.66. The Hall–Kier alpha value is -2.31. The van der Waals surface area contributed by atoms with Crippen LogP contribution in [0.5, 0.6) is 0 Å². The second-order valence-corrected chi connectivity index (χ2v) is 5.79. The first-order valence-corrected chi connectivity index (χ1v) is 7.35. The van der Waals surface area contributed by atoms with Crippen molar-refractivity contribution in [3.8, 4) is 5.69 Å². The minimum absolute atomic E-state index is 0.00104. The van der Waals surface area contributed by atoms with E-state index in [-0.39, 0.29) is 36.7 Å². The van der Waals surface area contributed by atoms with Crippen molar-refractivity contribution < 1.29 is 18.0 Å². The Kier molecular flexibility index (Phi) is 3.87. The van der Waals surface area contributed by atoms with Gasteiger partial charge in [-0.05, 0) is 12.1 Å². The van der Waals surface area contributed by atoms with E-state index in [1.165, 1.54) is 35.0 Å². The second kappa shape index (κ2) is 5.72. The van der Waals surface area contributed by atoms with Crippen LogP contribution < -0.4 is 0 Å². The lowest BCUT2D eigenvalue weighted by molar-refractivity contribution is -0.0921. The van der Waals surface area contributed by atoms with Gasteiger partial charge in [-0.25, -0.2) is 17.9 Å². The van der Waals surface area contributed by atoms with Gasteiger partial charge in [0.15, 0.2) is 0 Å². The van der Waals surface area contributed by atoms with Crippen molar-refractivity contribution >= 4 is 5.91 Å². The van der Waals surface area contributed by atoms with Crippen LogP contribution >= 0.6 is 0 Å². The summed E-state index contributed by atoms with van der Waals surface area (Å²) >= 11 is 0. The number of alkyl halides is 2. The van der Waals surface area contributed by atoms with Crippen LogP contribution in [0.1, 0.15) is 23.7 Å². The largest absolute Gasteiger partial charge is 0.338 e. The summed E-state index contributed by atoms with van der Waals surface area (Å²) in [5, 5.41) is 3.99. The highest BCUT2D eigenvalue weighted by Gasteiger charge is 2.42. The number of likely N-dealkylation sites (tertiary alicyclic amines) is 1. The number of aromatic nitrogens is 2. The molecular weight excluding hydrogens is 307 g/mol. The Morgan fingerprint density at radius 2 is 2.09 bits per heavy atom. The highest BCUT2D eigenvalue weighted by atomic mass is 19.3. The predicted octanol–water partition coefficient (Wildman–Crippen LogP) is 3.13. The van der Waals surface area contributed by atoms with Crippen molar-refractivity contribution in [2.75, 3.05) is 13.1 Å². The molecular formula is C16H16F3N3O. The average molecular weight is 323 g/mol. The first kappa shape index (κ1) is 15.6. The minimum atomic E-state index is -2.74. The van der Waals surface area contributed by atoms with Gasteiger partial charge in [-0.3, -0.25) is 4.79 Å². The molecule has 0 bridgehead atoms. The van der Waals surface area contributed by atoms with Crippen LogP contribution in [0.25, 0.3) is 5.69 Å². The molecule has 1 unspecified atom stereocenters. The number of piperidine rings is 1. The monoisotopic (exact) mass is 323 g/mol. The Morgan fingerprint density at radius 3 is 2.78 bits per heavy atom. The first-order chi connectivity index (χ1) is 10.9. The normalized spacial score (nSPS) is 20.5. The standard InChI is InChI=1S/C16H16F3N3O/c1-11-9-21(7-6-16(11,18)19)15(23)12-8-20-22(10-12)14-5-3-2-4-13(14)17/h2-5,8,10-11H,6-7,9H2,1H3. The number of hydrogen-bond donors (Lipinski definition) is 0. The summed E-state index contributed by atoms with van der Waals surface area (Å²) < 4.78 is 42.0. The molecule has 122 valence electrons. The lowest BCUT2D eigenvalue weighted by Crippen LogP contribution is -2.48. The van der Waals surface area contributed by atoms with Crippen molar-refractivity contribution in [1.29, 1.82) is 0 Å². The zero-order chi connectivity index (χ0) is 16.6. The van der Waals surface area contributed by atoms with Gasteiger partial charge in [0.2, 0.25) is 0 Å². The lowest BCUT2D eigenvalue weighted by atomic mass is 9.95. The molecule has 2 aromatic rings. The van der Waals surface area contributed by atoms with Crippen molar-refractivity contribution in [2.45, 2.75) is 19.3 Å². The van der Waals surface area contributed by atoms with E-state index < -0.39 is 17.7 Å². The predicted molar refractivity (Wildman–Crippen MR) is 78.2 cm³/mol. The summed E-state index contributed by atoms with van der Waals surface area (Å²) in [7, 11) is 0. The number of nitrogens with zero attached hydrogens (tertiary/aromatic N) is 3. The van der Waals surface area contributed by atoms with Crippen molar-refractivity contribution in [2.24, 2.45) is 5.92 Å². The molecule has 2 heterocycles. The van der Waals surface area contributed by atoms with Crippen LogP contribution in [-0.4, -0.2) is 39.6 Å². The number of amides is 1. The second-order valence-electron chi connectivity index (χ2n) is 5.79. The molecule has 0 N–H and O–H groups in total. The number of hydrogen-bond acceptors (Lipinski definition) is 2. The third kappa shape index (κ3) is 2.95. The highest BCUT2D eigenvalue weighted by molar-refractivity contribution is 5.93. The number of carbonyl (C=O) groups excluding carboxylic acids is 1. The molecule has 1 aromatic heterocycles. The van der Waals surface area contributed by atoms with Crippen LogP contribution in [0.15, 0.2) is 36.7 Å². The van der Waals surface area contributed by atoms with E-state index in [4.69, 9.17) is 0 Å². The highest BCUT2D eigenvalue weighted by Crippen LogP contribution is 2.33. The molecule has 0 aliphatic carbocycles. The Labute approximate surface area is 131 Å². The molecule has 23 heavy (non-hydrogen) atoms. The van der Waals surface area contributed by atoms with E-state index in [0.29, 0.717) is 0 Å². The van der Waals surface area contributed by atoms with Crippen molar-refractivity contribution in [3.63, 3.8) is 0 Å². The Bertz CT molecular complexity index is 729. The van der Waals surface area contributed by atoms with E-state index >= 15 is 0 Å². The van der Waals surface area contributed by atoms with Crippen LogP contribution in [0.2, 0.25) is 0 Å². The molecule has 1 atom stereocenters. The van der Waals surface area contributed by atoms with Gasteiger partial charge in [-0.1, -0.05) is 19.1 Å². The molecule has 1 aliphatic rings. The van der Waals surface area contributed by atoms with Gasteiger partial charge >= 0.3 is 0 Å². The fraction of sp³-hybridized carbons (Fsp3) is 0.375. The van der Waals surface area contributed by atoms with Gasteiger partial charge in [-0.15, -0.1) is 0 Å². The molecule has 3 rings (SSSR count). The summed E-state index contributed by atoms with van der Waals surface area (Å²) in [5.41, 5.74) is 0.482. The van der Waals surface area contributed by atoms with Gasteiger partial charge < -0.3 is 4.90 Å².